The van der Waals surface area contributed by atoms with Crippen molar-refractivity contribution < 1.29 is 27.5 Å². The maximum absolute atomic E-state index is 13.8. The molecule has 3 aromatic carbocycles. The number of halogens is 2. The van der Waals surface area contributed by atoms with Crippen LogP contribution < -0.4 is 14.4 Å². The lowest BCUT2D eigenvalue weighted by Crippen LogP contribution is -2.38. The van der Waals surface area contributed by atoms with E-state index in [-0.39, 0.29) is 26.4 Å². The van der Waals surface area contributed by atoms with Crippen molar-refractivity contribution in [2.45, 2.75) is 31.6 Å². The average Bonchev–Trinajstić information content (AvgIpc) is 2.89. The molecule has 0 aromatic heterocycles. The minimum absolute atomic E-state index is 0.107. The smallest absolute Gasteiger partial charge is 0.338 e. The molecule has 11 heteroatoms. The number of amides is 1. The predicted octanol–water partition coefficient (Wildman–Crippen LogP) is 6.10. The van der Waals surface area contributed by atoms with Gasteiger partial charge in [-0.1, -0.05) is 42.6 Å². The van der Waals surface area contributed by atoms with Crippen LogP contribution in [-0.4, -0.2) is 40.6 Å². The summed E-state index contributed by atoms with van der Waals surface area (Å²) in [5.74, 6) is -0.952. The van der Waals surface area contributed by atoms with Crippen molar-refractivity contribution in [2.24, 2.45) is 0 Å². The fraction of sp³-hybridized carbons (Fsp3) is 0.259. The van der Waals surface area contributed by atoms with Gasteiger partial charge in [0.05, 0.1) is 35.0 Å². The zero-order valence-electron chi connectivity index (χ0n) is 21.2. The number of nitrogens with one attached hydrogen (secondary N) is 1. The molecule has 0 fully saturated rings. The molecule has 1 amide bonds. The highest BCUT2D eigenvalue weighted by Crippen LogP contribution is 2.33. The first-order chi connectivity index (χ1) is 18.1. The van der Waals surface area contributed by atoms with Crippen LogP contribution in [0.25, 0.3) is 0 Å². The number of benzene rings is 3. The lowest BCUT2D eigenvalue weighted by atomic mass is 10.2. The minimum Gasteiger partial charge on any atom is -0.495 e. The number of nitrogens with zero attached hydrogens (tertiary/aromatic N) is 1. The molecule has 0 saturated heterocycles. The quantitative estimate of drug-likeness (QED) is 0.218. The van der Waals surface area contributed by atoms with Crippen molar-refractivity contribution in [1.29, 1.82) is 0 Å². The highest BCUT2D eigenvalue weighted by Gasteiger charge is 2.30. The Morgan fingerprint density at radius 2 is 1.68 bits per heavy atom. The molecule has 3 rings (SSSR count). The highest BCUT2D eigenvalue weighted by molar-refractivity contribution is 7.93. The van der Waals surface area contributed by atoms with Crippen LogP contribution in [0.2, 0.25) is 10.0 Å². The summed E-state index contributed by atoms with van der Waals surface area (Å²) in [6.07, 6.45) is 1.68. The molecule has 0 radical (unpaired) electrons. The number of sulfonamides is 1. The molecule has 0 atom stereocenters. The molecule has 0 unspecified atom stereocenters. The zero-order valence-corrected chi connectivity index (χ0v) is 23.5. The van der Waals surface area contributed by atoms with Crippen molar-refractivity contribution >= 4 is 56.5 Å². The number of methoxy groups -OCH3 is 1. The third-order valence-corrected chi connectivity index (χ3v) is 8.04. The summed E-state index contributed by atoms with van der Waals surface area (Å²) in [5.41, 5.74) is 1.55. The van der Waals surface area contributed by atoms with Crippen LogP contribution in [0.1, 0.15) is 35.7 Å². The van der Waals surface area contributed by atoms with Gasteiger partial charge in [-0.2, -0.15) is 0 Å². The molecule has 0 heterocycles. The second kappa shape index (κ2) is 13.0. The maximum atomic E-state index is 13.8. The number of hydrogen-bond acceptors (Lipinski definition) is 6. The number of carbonyl (C=O) groups is 2. The summed E-state index contributed by atoms with van der Waals surface area (Å²) in [6.45, 7) is 3.51. The Bertz CT molecular complexity index is 1410. The number of unbranched alkanes of at least 4 members (excludes halogenated alkanes) is 1. The Morgan fingerprint density at radius 1 is 0.974 bits per heavy atom. The van der Waals surface area contributed by atoms with E-state index in [0.29, 0.717) is 23.4 Å². The van der Waals surface area contributed by atoms with Crippen molar-refractivity contribution in [3.63, 3.8) is 0 Å². The molecule has 0 saturated carbocycles. The standard InChI is InChI=1S/C27H28Cl2N2O6S/c1-4-5-14-37-27(33)19-7-9-20(10-8-19)30-26(32)17-31(21-11-12-22(28)23(29)16-21)38(34,35)25-15-18(2)6-13-24(25)36-3/h6-13,15-16H,4-5,14,17H2,1-3H3,(H,30,32). The van der Waals surface area contributed by atoms with E-state index < -0.39 is 28.4 Å². The van der Waals surface area contributed by atoms with Crippen LogP contribution in [0.5, 0.6) is 5.75 Å². The number of carbonyl (C=O) groups excluding carboxylic acids is 2. The van der Waals surface area contributed by atoms with Gasteiger partial charge in [-0.15, -0.1) is 0 Å². The van der Waals surface area contributed by atoms with E-state index in [1.807, 2.05) is 6.92 Å². The van der Waals surface area contributed by atoms with E-state index in [4.69, 9.17) is 32.7 Å². The van der Waals surface area contributed by atoms with E-state index in [2.05, 4.69) is 5.32 Å². The lowest BCUT2D eigenvalue weighted by Gasteiger charge is -2.25. The van der Waals surface area contributed by atoms with Gasteiger partial charge in [-0.05, 0) is 73.5 Å². The van der Waals surface area contributed by atoms with Crippen LogP contribution in [0.4, 0.5) is 11.4 Å². The molecule has 3 aromatic rings. The van der Waals surface area contributed by atoms with E-state index in [1.54, 1.807) is 19.1 Å². The van der Waals surface area contributed by atoms with Crippen LogP contribution in [0, 0.1) is 6.92 Å². The Hall–Kier alpha value is -3.27. The van der Waals surface area contributed by atoms with Crippen molar-refractivity contribution in [1.82, 2.24) is 0 Å². The Balaban J connectivity index is 1.88. The minimum atomic E-state index is -4.28. The number of hydrogen-bond donors (Lipinski definition) is 1. The van der Waals surface area contributed by atoms with Crippen LogP contribution in [0.15, 0.2) is 65.6 Å². The topological polar surface area (TPSA) is 102 Å². The van der Waals surface area contributed by atoms with E-state index in [9.17, 15) is 18.0 Å². The molecule has 8 nitrogen and oxygen atoms in total. The fourth-order valence-electron chi connectivity index (χ4n) is 3.47. The normalized spacial score (nSPS) is 11.1. The second-order valence-corrected chi connectivity index (χ2v) is 11.0. The summed E-state index contributed by atoms with van der Waals surface area (Å²) < 4.78 is 39.0. The molecular formula is C27H28Cl2N2O6S. The van der Waals surface area contributed by atoms with Crippen LogP contribution in [-0.2, 0) is 19.6 Å². The number of rotatable bonds is 11. The van der Waals surface area contributed by atoms with Crippen molar-refractivity contribution in [3.05, 3.63) is 81.8 Å². The van der Waals surface area contributed by atoms with Gasteiger partial charge in [0.25, 0.3) is 10.0 Å². The lowest BCUT2D eigenvalue weighted by molar-refractivity contribution is -0.114. The third kappa shape index (κ3) is 7.18. The average molecular weight is 580 g/mol. The summed E-state index contributed by atoms with van der Waals surface area (Å²) >= 11 is 12.2. The molecule has 0 aliphatic carbocycles. The van der Waals surface area contributed by atoms with Crippen LogP contribution >= 0.6 is 23.2 Å². The van der Waals surface area contributed by atoms with Crippen molar-refractivity contribution in [3.8, 4) is 5.75 Å². The van der Waals surface area contributed by atoms with Gasteiger partial charge in [0, 0.05) is 5.69 Å². The zero-order chi connectivity index (χ0) is 27.9. The third-order valence-electron chi connectivity index (χ3n) is 5.50. The van der Waals surface area contributed by atoms with Gasteiger partial charge in [-0.25, -0.2) is 13.2 Å². The monoisotopic (exact) mass is 578 g/mol. The van der Waals surface area contributed by atoms with Gasteiger partial charge in [-0.3, -0.25) is 9.10 Å². The first-order valence-corrected chi connectivity index (χ1v) is 14.0. The molecule has 202 valence electrons. The number of esters is 1. The number of aryl methyl sites for hydroxylation is 1. The first kappa shape index (κ1) is 29.3. The van der Waals surface area contributed by atoms with Crippen LogP contribution in [0.3, 0.4) is 0 Å². The van der Waals surface area contributed by atoms with Crippen molar-refractivity contribution in [2.75, 3.05) is 29.9 Å². The van der Waals surface area contributed by atoms with Gasteiger partial charge >= 0.3 is 5.97 Å². The predicted molar refractivity (Wildman–Crippen MR) is 149 cm³/mol. The molecule has 1 N–H and O–H groups in total. The molecule has 0 aliphatic rings. The maximum Gasteiger partial charge on any atom is 0.338 e. The van der Waals surface area contributed by atoms with Gasteiger partial charge < -0.3 is 14.8 Å². The summed E-state index contributed by atoms with van der Waals surface area (Å²) in [4.78, 5) is 25.0. The van der Waals surface area contributed by atoms with Gasteiger partial charge in [0.1, 0.15) is 17.2 Å². The van der Waals surface area contributed by atoms with Gasteiger partial charge in [0.15, 0.2) is 0 Å². The van der Waals surface area contributed by atoms with E-state index in [1.165, 1.54) is 55.6 Å². The summed E-state index contributed by atoms with van der Waals surface area (Å²) in [6, 6.07) is 15.1. The van der Waals surface area contributed by atoms with Gasteiger partial charge in [0.2, 0.25) is 5.91 Å². The Labute approximate surface area is 232 Å². The summed E-state index contributed by atoms with van der Waals surface area (Å²) in [5, 5.41) is 3.02. The second-order valence-electron chi connectivity index (χ2n) is 8.38. The fourth-order valence-corrected chi connectivity index (χ4v) is 5.42. The van der Waals surface area contributed by atoms with E-state index in [0.717, 1.165) is 17.1 Å². The highest BCUT2D eigenvalue weighted by atomic mass is 35.5. The molecular weight excluding hydrogens is 551 g/mol. The summed E-state index contributed by atoms with van der Waals surface area (Å²) in [7, 11) is -2.92. The molecule has 0 spiro atoms. The molecule has 38 heavy (non-hydrogen) atoms. The molecule has 0 aliphatic heterocycles. The SMILES string of the molecule is CCCCOC(=O)c1ccc(NC(=O)CN(c2ccc(Cl)c(Cl)c2)S(=O)(=O)c2cc(C)ccc2OC)cc1. The number of ether oxygens (including phenoxy) is 2. The van der Waals surface area contributed by atoms with E-state index >= 15 is 0 Å². The Morgan fingerprint density at radius 3 is 2.32 bits per heavy atom. The number of anilines is 2. The largest absolute Gasteiger partial charge is 0.495 e. The Kier molecular flexibility index (Phi) is 10.0. The molecule has 0 bridgehead atoms. The first-order valence-electron chi connectivity index (χ1n) is 11.8.